The number of nitrogens with zero attached hydrogens (tertiary/aromatic N) is 1. The molecule has 0 saturated heterocycles. The summed E-state index contributed by atoms with van der Waals surface area (Å²) in [7, 11) is -2.47. The molecule has 0 bridgehead atoms. The number of halogens is 1. The second-order valence-electron chi connectivity index (χ2n) is 6.44. The monoisotopic (exact) mass is 383 g/mol. The predicted molar refractivity (Wildman–Crippen MR) is 94.5 cm³/mol. The Kier molecular flexibility index (Phi) is 4.53. The van der Waals surface area contributed by atoms with Crippen LogP contribution in [0, 0.1) is 5.92 Å². The van der Waals surface area contributed by atoms with Crippen molar-refractivity contribution < 1.29 is 9.36 Å². The number of rotatable bonds is 6. The number of fused-ring (bicyclic) bond motifs is 1. The van der Waals surface area contributed by atoms with Crippen LogP contribution in [-0.4, -0.2) is 29.7 Å². The average molecular weight is 384 g/mol. The van der Waals surface area contributed by atoms with Gasteiger partial charge in [0, 0.05) is 35.2 Å². The SMILES string of the molecule is CCP(=O)(CC)c1cc(Br)cc2c1C(=O)N(CCC1CC1)C2. The van der Waals surface area contributed by atoms with E-state index >= 15 is 0 Å². The number of benzene rings is 1. The van der Waals surface area contributed by atoms with E-state index in [9.17, 15) is 9.36 Å². The highest BCUT2D eigenvalue weighted by molar-refractivity contribution is 9.10. The molecule has 0 unspecified atom stereocenters. The van der Waals surface area contributed by atoms with Gasteiger partial charge in [0.2, 0.25) is 0 Å². The first-order valence-electron chi connectivity index (χ1n) is 8.19. The molecule has 1 aromatic rings. The molecule has 1 aromatic carbocycles. The molecule has 1 fully saturated rings. The van der Waals surface area contributed by atoms with Crippen LogP contribution in [0.4, 0.5) is 0 Å². The predicted octanol–water partition coefficient (Wildman–Crippen LogP) is 4.23. The minimum Gasteiger partial charge on any atom is -0.334 e. The van der Waals surface area contributed by atoms with Crippen molar-refractivity contribution in [3.63, 3.8) is 0 Å². The molecule has 0 N–H and O–H groups in total. The van der Waals surface area contributed by atoms with E-state index in [4.69, 9.17) is 0 Å². The lowest BCUT2D eigenvalue weighted by molar-refractivity contribution is 0.0775. The largest absolute Gasteiger partial charge is 0.334 e. The van der Waals surface area contributed by atoms with Crippen LogP contribution in [0.5, 0.6) is 0 Å². The van der Waals surface area contributed by atoms with Gasteiger partial charge in [-0.3, -0.25) is 4.79 Å². The highest BCUT2D eigenvalue weighted by atomic mass is 79.9. The Morgan fingerprint density at radius 3 is 2.55 bits per heavy atom. The lowest BCUT2D eigenvalue weighted by Crippen LogP contribution is -2.28. The maximum atomic E-state index is 13.2. The third-order valence-corrected chi connectivity index (χ3v) is 8.72. The topological polar surface area (TPSA) is 37.4 Å². The Balaban J connectivity index is 1.95. The normalized spacial score (nSPS) is 18.0. The van der Waals surface area contributed by atoms with Crippen molar-refractivity contribution in [1.29, 1.82) is 0 Å². The number of carbonyl (C=O) groups is 1. The van der Waals surface area contributed by atoms with E-state index in [1.807, 2.05) is 30.9 Å². The summed E-state index contributed by atoms with van der Waals surface area (Å²) in [6.45, 7) is 5.42. The molecule has 120 valence electrons. The third-order valence-electron chi connectivity index (χ3n) is 4.99. The average Bonchev–Trinajstić information content (AvgIpc) is 3.28. The van der Waals surface area contributed by atoms with Gasteiger partial charge in [0.15, 0.2) is 0 Å². The van der Waals surface area contributed by atoms with Crippen LogP contribution in [0.15, 0.2) is 16.6 Å². The van der Waals surface area contributed by atoms with Gasteiger partial charge < -0.3 is 9.46 Å². The molecule has 22 heavy (non-hydrogen) atoms. The highest BCUT2D eigenvalue weighted by Crippen LogP contribution is 2.46. The second kappa shape index (κ2) is 6.13. The quantitative estimate of drug-likeness (QED) is 0.689. The Labute approximate surface area is 141 Å². The molecule has 0 radical (unpaired) electrons. The van der Waals surface area contributed by atoms with Crippen LogP contribution in [0.1, 0.15) is 49.0 Å². The van der Waals surface area contributed by atoms with E-state index in [1.165, 1.54) is 12.8 Å². The molecule has 1 heterocycles. The van der Waals surface area contributed by atoms with Crippen molar-refractivity contribution in [2.75, 3.05) is 18.9 Å². The van der Waals surface area contributed by atoms with Gasteiger partial charge in [-0.2, -0.15) is 0 Å². The summed E-state index contributed by atoms with van der Waals surface area (Å²) >= 11 is 3.53. The molecule has 0 atom stereocenters. The van der Waals surface area contributed by atoms with Gasteiger partial charge in [0.25, 0.3) is 5.91 Å². The van der Waals surface area contributed by atoms with Gasteiger partial charge in [0.1, 0.15) is 7.14 Å². The van der Waals surface area contributed by atoms with E-state index in [0.717, 1.165) is 39.8 Å². The van der Waals surface area contributed by atoms with Gasteiger partial charge in [-0.05, 0) is 30.0 Å². The smallest absolute Gasteiger partial charge is 0.255 e. The fourth-order valence-corrected chi connectivity index (χ4v) is 6.10. The number of hydrogen-bond acceptors (Lipinski definition) is 2. The van der Waals surface area contributed by atoms with Crippen molar-refractivity contribution in [3.05, 3.63) is 27.7 Å². The van der Waals surface area contributed by atoms with Crippen molar-refractivity contribution in [1.82, 2.24) is 4.90 Å². The molecule has 1 aliphatic heterocycles. The number of carbonyl (C=O) groups excluding carboxylic acids is 1. The van der Waals surface area contributed by atoms with E-state index < -0.39 is 7.14 Å². The summed E-state index contributed by atoms with van der Waals surface area (Å²) in [4.78, 5) is 14.8. The first-order valence-corrected chi connectivity index (χ1v) is 11.1. The Morgan fingerprint density at radius 2 is 1.95 bits per heavy atom. The summed E-state index contributed by atoms with van der Waals surface area (Å²) in [5, 5.41) is 0.792. The molecule has 0 aromatic heterocycles. The molecular weight excluding hydrogens is 361 g/mol. The maximum Gasteiger partial charge on any atom is 0.255 e. The van der Waals surface area contributed by atoms with E-state index in [1.54, 1.807) is 0 Å². The number of amides is 1. The zero-order valence-corrected chi connectivity index (χ0v) is 15.8. The number of hydrogen-bond donors (Lipinski definition) is 0. The molecule has 1 amide bonds. The van der Waals surface area contributed by atoms with Crippen molar-refractivity contribution >= 4 is 34.3 Å². The molecule has 3 rings (SSSR count). The zero-order valence-electron chi connectivity index (χ0n) is 13.3. The van der Waals surface area contributed by atoms with Crippen LogP contribution < -0.4 is 5.30 Å². The zero-order chi connectivity index (χ0) is 15.9. The fraction of sp³-hybridized carbons (Fsp3) is 0.588. The van der Waals surface area contributed by atoms with Crippen LogP contribution in [0.3, 0.4) is 0 Å². The van der Waals surface area contributed by atoms with Crippen molar-refractivity contribution in [2.24, 2.45) is 5.92 Å². The van der Waals surface area contributed by atoms with Crippen molar-refractivity contribution in [3.8, 4) is 0 Å². The minimum absolute atomic E-state index is 0.0836. The van der Waals surface area contributed by atoms with Gasteiger partial charge >= 0.3 is 0 Å². The second-order valence-corrected chi connectivity index (χ2v) is 10.9. The molecule has 3 nitrogen and oxygen atoms in total. The lowest BCUT2D eigenvalue weighted by atomic mass is 10.1. The van der Waals surface area contributed by atoms with Gasteiger partial charge in [0.05, 0.1) is 5.56 Å². The Bertz CT molecular complexity index is 646. The summed E-state index contributed by atoms with van der Waals surface area (Å²) in [5.74, 6) is 0.903. The molecule has 5 heteroatoms. The van der Waals surface area contributed by atoms with Crippen LogP contribution >= 0.6 is 23.1 Å². The lowest BCUT2D eigenvalue weighted by Gasteiger charge is -2.19. The highest BCUT2D eigenvalue weighted by Gasteiger charge is 2.36. The van der Waals surface area contributed by atoms with Crippen LogP contribution in [-0.2, 0) is 11.1 Å². The summed E-state index contributed by atoms with van der Waals surface area (Å²) in [6, 6.07) is 3.93. The van der Waals surface area contributed by atoms with Gasteiger partial charge in [-0.15, -0.1) is 0 Å². The standard InChI is InChI=1S/C17H23BrNO2P/c1-3-22(21,4-2)15-10-14(18)9-13-11-19(17(20)16(13)15)8-7-12-5-6-12/h9-10,12H,3-8,11H2,1-2H3. The minimum atomic E-state index is -2.47. The summed E-state index contributed by atoms with van der Waals surface area (Å²) < 4.78 is 14.1. The van der Waals surface area contributed by atoms with E-state index in [-0.39, 0.29) is 5.91 Å². The van der Waals surface area contributed by atoms with Crippen LogP contribution in [0.25, 0.3) is 0 Å². The molecule has 0 spiro atoms. The first-order chi connectivity index (χ1) is 10.5. The maximum absolute atomic E-state index is 13.2. The third kappa shape index (κ3) is 2.92. The Morgan fingerprint density at radius 1 is 1.27 bits per heavy atom. The molecular formula is C17H23BrNO2P. The Hall–Kier alpha value is -0.600. The van der Waals surface area contributed by atoms with E-state index in [0.29, 0.717) is 18.9 Å². The van der Waals surface area contributed by atoms with Crippen molar-refractivity contribution in [2.45, 2.75) is 39.7 Å². The van der Waals surface area contributed by atoms with Crippen LogP contribution in [0.2, 0.25) is 0 Å². The molecule has 1 aliphatic carbocycles. The van der Waals surface area contributed by atoms with Gasteiger partial charge in [-0.25, -0.2) is 0 Å². The molecule has 2 aliphatic rings. The summed E-state index contributed by atoms with van der Waals surface area (Å²) in [6.07, 6.45) is 4.96. The van der Waals surface area contributed by atoms with E-state index in [2.05, 4.69) is 15.9 Å². The molecule has 1 saturated carbocycles. The summed E-state index contributed by atoms with van der Waals surface area (Å²) in [5.41, 5.74) is 1.76. The first kappa shape index (κ1) is 16.3. The van der Waals surface area contributed by atoms with Gasteiger partial charge in [-0.1, -0.05) is 42.6 Å². The fourth-order valence-electron chi connectivity index (χ4n) is 3.27.